The van der Waals surface area contributed by atoms with Crippen molar-refractivity contribution >= 4 is 11.8 Å². The summed E-state index contributed by atoms with van der Waals surface area (Å²) in [7, 11) is 1.55. The highest BCUT2D eigenvalue weighted by atomic mass is 16.2. The van der Waals surface area contributed by atoms with Crippen LogP contribution in [0.4, 0.5) is 0 Å². The van der Waals surface area contributed by atoms with Crippen LogP contribution in [-0.4, -0.2) is 51.6 Å². The third-order valence-corrected chi connectivity index (χ3v) is 4.05. The van der Waals surface area contributed by atoms with Crippen molar-refractivity contribution in [3.05, 3.63) is 48.0 Å². The number of rotatable bonds is 3. The topological polar surface area (TPSA) is 80.1 Å². The SMILES string of the molecule is CNC(=O)c1ccc(C(=O)N2CCC[C@H](n3cccn3)C2)cn1. The lowest BCUT2D eigenvalue weighted by Crippen LogP contribution is -2.40. The number of carbonyl (C=O) groups is 2. The van der Waals surface area contributed by atoms with E-state index < -0.39 is 0 Å². The van der Waals surface area contributed by atoms with E-state index in [0.29, 0.717) is 17.8 Å². The highest BCUT2D eigenvalue weighted by Gasteiger charge is 2.26. The van der Waals surface area contributed by atoms with Crippen LogP contribution >= 0.6 is 0 Å². The summed E-state index contributed by atoms with van der Waals surface area (Å²) in [6, 6.07) is 5.32. The molecule has 0 aromatic carbocycles. The average molecular weight is 313 g/mol. The van der Waals surface area contributed by atoms with Crippen molar-refractivity contribution in [1.29, 1.82) is 0 Å². The van der Waals surface area contributed by atoms with Gasteiger partial charge in [0.1, 0.15) is 5.69 Å². The van der Waals surface area contributed by atoms with Crippen LogP contribution < -0.4 is 5.32 Å². The minimum atomic E-state index is -0.263. The molecule has 0 bridgehead atoms. The largest absolute Gasteiger partial charge is 0.354 e. The van der Waals surface area contributed by atoms with E-state index >= 15 is 0 Å². The number of hydrogen-bond acceptors (Lipinski definition) is 4. The van der Waals surface area contributed by atoms with E-state index in [1.165, 1.54) is 6.20 Å². The van der Waals surface area contributed by atoms with Crippen LogP contribution in [0, 0.1) is 0 Å². The lowest BCUT2D eigenvalue weighted by molar-refractivity contribution is 0.0672. The number of pyridine rings is 1. The van der Waals surface area contributed by atoms with Gasteiger partial charge < -0.3 is 10.2 Å². The van der Waals surface area contributed by atoms with Crippen LogP contribution in [0.1, 0.15) is 39.7 Å². The number of likely N-dealkylation sites (tertiary alicyclic amines) is 1. The monoisotopic (exact) mass is 313 g/mol. The molecule has 1 aliphatic rings. The Kier molecular flexibility index (Phi) is 4.36. The van der Waals surface area contributed by atoms with Crippen LogP contribution in [0.2, 0.25) is 0 Å². The van der Waals surface area contributed by atoms with Crippen molar-refractivity contribution in [2.75, 3.05) is 20.1 Å². The van der Waals surface area contributed by atoms with Crippen molar-refractivity contribution in [3.63, 3.8) is 0 Å². The van der Waals surface area contributed by atoms with Crippen LogP contribution in [0.3, 0.4) is 0 Å². The number of nitrogens with one attached hydrogen (secondary N) is 1. The predicted molar refractivity (Wildman–Crippen MR) is 84.0 cm³/mol. The van der Waals surface area contributed by atoms with Gasteiger partial charge in [0, 0.05) is 38.7 Å². The second-order valence-corrected chi connectivity index (χ2v) is 5.54. The van der Waals surface area contributed by atoms with E-state index in [0.717, 1.165) is 19.4 Å². The maximum absolute atomic E-state index is 12.6. The van der Waals surface area contributed by atoms with E-state index in [1.807, 2.05) is 21.8 Å². The molecular formula is C16H19N5O2. The fourth-order valence-corrected chi connectivity index (χ4v) is 2.82. The van der Waals surface area contributed by atoms with Gasteiger partial charge in [0.05, 0.1) is 11.6 Å². The van der Waals surface area contributed by atoms with Crippen molar-refractivity contribution in [2.24, 2.45) is 0 Å². The number of nitrogens with zero attached hydrogens (tertiary/aromatic N) is 4. The number of amides is 2. The molecule has 7 heteroatoms. The zero-order chi connectivity index (χ0) is 16.2. The summed E-state index contributed by atoms with van der Waals surface area (Å²) in [5.74, 6) is -0.321. The molecule has 2 aromatic heterocycles. The van der Waals surface area contributed by atoms with E-state index in [-0.39, 0.29) is 17.9 Å². The zero-order valence-corrected chi connectivity index (χ0v) is 13.0. The van der Waals surface area contributed by atoms with Gasteiger partial charge in [-0.3, -0.25) is 19.3 Å². The molecule has 23 heavy (non-hydrogen) atoms. The summed E-state index contributed by atoms with van der Waals surface area (Å²) >= 11 is 0. The molecule has 3 heterocycles. The summed E-state index contributed by atoms with van der Waals surface area (Å²) in [5.41, 5.74) is 0.802. The molecule has 1 N–H and O–H groups in total. The molecule has 1 fully saturated rings. The van der Waals surface area contributed by atoms with Crippen molar-refractivity contribution in [1.82, 2.24) is 25.0 Å². The first-order chi connectivity index (χ1) is 11.2. The first-order valence-corrected chi connectivity index (χ1v) is 7.65. The van der Waals surface area contributed by atoms with Crippen LogP contribution in [0.5, 0.6) is 0 Å². The highest BCUT2D eigenvalue weighted by molar-refractivity contribution is 5.96. The van der Waals surface area contributed by atoms with Crippen molar-refractivity contribution < 1.29 is 9.59 Å². The summed E-state index contributed by atoms with van der Waals surface area (Å²) < 4.78 is 1.91. The second kappa shape index (κ2) is 6.60. The molecule has 1 aliphatic heterocycles. The smallest absolute Gasteiger partial charge is 0.269 e. The number of hydrogen-bond donors (Lipinski definition) is 1. The molecule has 0 saturated carbocycles. The summed E-state index contributed by atoms with van der Waals surface area (Å²) in [4.78, 5) is 30.0. The van der Waals surface area contributed by atoms with Gasteiger partial charge in [0.2, 0.25) is 0 Å². The second-order valence-electron chi connectivity index (χ2n) is 5.54. The Morgan fingerprint density at radius 1 is 1.35 bits per heavy atom. The molecule has 120 valence electrons. The predicted octanol–water partition coefficient (Wildman–Crippen LogP) is 1.12. The van der Waals surface area contributed by atoms with E-state index in [1.54, 1.807) is 25.4 Å². The summed E-state index contributed by atoms with van der Waals surface area (Å²) in [6.45, 7) is 1.37. The molecule has 0 unspecified atom stereocenters. The average Bonchev–Trinajstić information content (AvgIpc) is 3.15. The molecule has 2 aromatic rings. The molecule has 1 saturated heterocycles. The van der Waals surface area contributed by atoms with Crippen LogP contribution in [-0.2, 0) is 0 Å². The van der Waals surface area contributed by atoms with Gasteiger partial charge in [-0.2, -0.15) is 5.10 Å². The highest BCUT2D eigenvalue weighted by Crippen LogP contribution is 2.22. The lowest BCUT2D eigenvalue weighted by Gasteiger charge is -2.32. The number of piperidine rings is 1. The van der Waals surface area contributed by atoms with Gasteiger partial charge in [0.15, 0.2) is 0 Å². The first kappa shape index (κ1) is 15.2. The van der Waals surface area contributed by atoms with Crippen LogP contribution in [0.25, 0.3) is 0 Å². The maximum atomic E-state index is 12.6. The lowest BCUT2D eigenvalue weighted by atomic mass is 10.0. The number of aromatic nitrogens is 3. The van der Waals surface area contributed by atoms with Crippen molar-refractivity contribution in [3.8, 4) is 0 Å². The Bertz CT molecular complexity index is 681. The Hall–Kier alpha value is -2.70. The standard InChI is InChI=1S/C16H19N5O2/c1-17-15(22)14-6-5-12(10-18-14)16(23)20-8-2-4-13(11-20)21-9-3-7-19-21/h3,5-7,9-10,13H,2,4,8,11H2,1H3,(H,17,22)/t13-/m0/s1. The molecule has 0 spiro atoms. The summed E-state index contributed by atoms with van der Waals surface area (Å²) in [6.07, 6.45) is 7.10. The molecule has 7 nitrogen and oxygen atoms in total. The van der Waals surface area contributed by atoms with Gasteiger partial charge >= 0.3 is 0 Å². The van der Waals surface area contributed by atoms with Gasteiger partial charge in [-0.05, 0) is 31.0 Å². The normalized spacial score (nSPS) is 17.8. The molecule has 0 aliphatic carbocycles. The summed E-state index contributed by atoms with van der Waals surface area (Å²) in [5, 5.41) is 6.78. The zero-order valence-electron chi connectivity index (χ0n) is 13.0. The van der Waals surface area contributed by atoms with E-state index in [4.69, 9.17) is 0 Å². The Balaban J connectivity index is 1.71. The Morgan fingerprint density at radius 3 is 2.87 bits per heavy atom. The molecule has 0 radical (unpaired) electrons. The van der Waals surface area contributed by atoms with Gasteiger partial charge in [-0.1, -0.05) is 0 Å². The molecule has 2 amide bonds. The minimum Gasteiger partial charge on any atom is -0.354 e. The fraction of sp³-hybridized carbons (Fsp3) is 0.375. The third-order valence-electron chi connectivity index (χ3n) is 4.05. The van der Waals surface area contributed by atoms with Gasteiger partial charge in [0.25, 0.3) is 11.8 Å². The minimum absolute atomic E-state index is 0.0576. The van der Waals surface area contributed by atoms with Gasteiger partial charge in [-0.15, -0.1) is 0 Å². The number of carbonyl (C=O) groups excluding carboxylic acids is 2. The van der Waals surface area contributed by atoms with E-state index in [2.05, 4.69) is 15.4 Å². The molecular weight excluding hydrogens is 294 g/mol. The molecule has 3 rings (SSSR count). The van der Waals surface area contributed by atoms with Crippen molar-refractivity contribution in [2.45, 2.75) is 18.9 Å². The third kappa shape index (κ3) is 3.23. The Morgan fingerprint density at radius 2 is 2.22 bits per heavy atom. The maximum Gasteiger partial charge on any atom is 0.269 e. The first-order valence-electron chi connectivity index (χ1n) is 7.65. The molecule has 1 atom stereocenters. The Labute approximate surface area is 134 Å². The quantitative estimate of drug-likeness (QED) is 0.920. The van der Waals surface area contributed by atoms with E-state index in [9.17, 15) is 9.59 Å². The fourth-order valence-electron chi connectivity index (χ4n) is 2.82. The van der Waals surface area contributed by atoms with Gasteiger partial charge in [-0.25, -0.2) is 0 Å². The van der Waals surface area contributed by atoms with Crippen LogP contribution in [0.15, 0.2) is 36.8 Å².